The number of benzene rings is 3. The molecular formula is C23H17NO4. The maximum absolute atomic E-state index is 12.5. The van der Waals surface area contributed by atoms with E-state index in [0.29, 0.717) is 23.4 Å². The standard InChI is InChI=1S/C23H17NO4/c25-22-13-10-18-14-19(11-12-21(18)28-22)24-23(26)17-8-6-16(7-9-17)15-27-20-4-2-1-3-5-20/h1-14H,15H2,(H,24,26). The van der Waals surface area contributed by atoms with Gasteiger partial charge in [0.1, 0.15) is 17.9 Å². The van der Waals surface area contributed by atoms with E-state index in [-0.39, 0.29) is 5.91 Å². The van der Waals surface area contributed by atoms with Crippen molar-refractivity contribution in [2.45, 2.75) is 6.61 Å². The zero-order valence-corrected chi connectivity index (χ0v) is 14.9. The Balaban J connectivity index is 1.42. The first-order valence-electron chi connectivity index (χ1n) is 8.79. The van der Waals surface area contributed by atoms with Gasteiger partial charge >= 0.3 is 5.63 Å². The van der Waals surface area contributed by atoms with E-state index in [0.717, 1.165) is 16.7 Å². The van der Waals surface area contributed by atoms with Crippen molar-refractivity contribution in [3.63, 3.8) is 0 Å². The first-order chi connectivity index (χ1) is 13.7. The molecule has 0 spiro atoms. The molecule has 1 heterocycles. The third kappa shape index (κ3) is 4.10. The summed E-state index contributed by atoms with van der Waals surface area (Å²) in [6.07, 6.45) is 0. The van der Waals surface area contributed by atoms with Crippen LogP contribution in [0, 0.1) is 0 Å². The molecule has 0 aliphatic rings. The number of carbonyl (C=O) groups excluding carboxylic acids is 1. The van der Waals surface area contributed by atoms with Crippen LogP contribution >= 0.6 is 0 Å². The van der Waals surface area contributed by atoms with Crippen molar-refractivity contribution in [1.82, 2.24) is 0 Å². The second-order valence-electron chi connectivity index (χ2n) is 6.26. The van der Waals surface area contributed by atoms with Crippen LogP contribution in [0.15, 0.2) is 94.1 Å². The first-order valence-corrected chi connectivity index (χ1v) is 8.79. The molecule has 3 aromatic carbocycles. The molecule has 0 aliphatic heterocycles. The molecule has 0 bridgehead atoms. The summed E-state index contributed by atoms with van der Waals surface area (Å²) in [4.78, 5) is 23.7. The molecule has 1 aromatic heterocycles. The number of para-hydroxylation sites is 1. The molecule has 5 nitrogen and oxygen atoms in total. The largest absolute Gasteiger partial charge is 0.489 e. The fraction of sp³-hybridized carbons (Fsp3) is 0.0435. The SMILES string of the molecule is O=C(Nc1ccc2oc(=O)ccc2c1)c1ccc(COc2ccccc2)cc1. The van der Waals surface area contributed by atoms with Crippen LogP contribution in [0.5, 0.6) is 5.75 Å². The molecule has 138 valence electrons. The van der Waals surface area contributed by atoms with E-state index in [9.17, 15) is 9.59 Å². The van der Waals surface area contributed by atoms with Crippen molar-refractivity contribution < 1.29 is 13.9 Å². The van der Waals surface area contributed by atoms with Crippen LogP contribution in [-0.2, 0) is 6.61 Å². The Morgan fingerprint density at radius 1 is 0.893 bits per heavy atom. The number of rotatable bonds is 5. The second-order valence-corrected chi connectivity index (χ2v) is 6.26. The van der Waals surface area contributed by atoms with Crippen LogP contribution in [-0.4, -0.2) is 5.91 Å². The smallest absolute Gasteiger partial charge is 0.336 e. The number of hydrogen-bond acceptors (Lipinski definition) is 4. The van der Waals surface area contributed by atoms with Gasteiger partial charge in [0.15, 0.2) is 0 Å². The molecule has 5 heteroatoms. The summed E-state index contributed by atoms with van der Waals surface area (Å²) in [5.41, 5.74) is 2.22. The number of fused-ring (bicyclic) bond motifs is 1. The van der Waals surface area contributed by atoms with Gasteiger partial charge in [-0.2, -0.15) is 0 Å². The Hall–Kier alpha value is -3.86. The van der Waals surface area contributed by atoms with Gasteiger partial charge in [0.2, 0.25) is 0 Å². The molecule has 0 atom stereocenters. The van der Waals surface area contributed by atoms with Crippen molar-refractivity contribution in [3.8, 4) is 5.75 Å². The highest BCUT2D eigenvalue weighted by Crippen LogP contribution is 2.19. The summed E-state index contributed by atoms with van der Waals surface area (Å²) in [6, 6.07) is 25.0. The van der Waals surface area contributed by atoms with Crippen molar-refractivity contribution in [2.75, 3.05) is 5.32 Å². The van der Waals surface area contributed by atoms with Crippen molar-refractivity contribution >= 4 is 22.6 Å². The number of amides is 1. The molecule has 0 saturated heterocycles. The lowest BCUT2D eigenvalue weighted by atomic mass is 10.1. The number of carbonyl (C=O) groups is 1. The van der Waals surface area contributed by atoms with Gasteiger partial charge in [0.05, 0.1) is 0 Å². The van der Waals surface area contributed by atoms with E-state index >= 15 is 0 Å². The quantitative estimate of drug-likeness (QED) is 0.520. The van der Waals surface area contributed by atoms with Gasteiger partial charge < -0.3 is 14.5 Å². The Bertz CT molecular complexity index is 1160. The summed E-state index contributed by atoms with van der Waals surface area (Å²) >= 11 is 0. The van der Waals surface area contributed by atoms with Crippen molar-refractivity contribution in [3.05, 3.63) is 106 Å². The lowest BCUT2D eigenvalue weighted by Crippen LogP contribution is -2.12. The van der Waals surface area contributed by atoms with Gasteiger partial charge in [-0.25, -0.2) is 4.79 Å². The average Bonchev–Trinajstić information content (AvgIpc) is 2.73. The Kier molecular flexibility index (Phi) is 4.89. The number of hydrogen-bond donors (Lipinski definition) is 1. The predicted molar refractivity (Wildman–Crippen MR) is 108 cm³/mol. The van der Waals surface area contributed by atoms with Gasteiger partial charge in [-0.3, -0.25) is 4.79 Å². The molecule has 0 aliphatic carbocycles. The summed E-state index contributed by atoms with van der Waals surface area (Å²) in [6.45, 7) is 0.432. The van der Waals surface area contributed by atoms with Crippen molar-refractivity contribution in [1.29, 1.82) is 0 Å². The lowest BCUT2D eigenvalue weighted by molar-refractivity contribution is 0.102. The van der Waals surface area contributed by atoms with Crippen LogP contribution in [0.1, 0.15) is 15.9 Å². The Morgan fingerprint density at radius 3 is 2.46 bits per heavy atom. The van der Waals surface area contributed by atoms with E-state index < -0.39 is 5.63 Å². The summed E-state index contributed by atoms with van der Waals surface area (Å²) in [5, 5.41) is 3.59. The summed E-state index contributed by atoms with van der Waals surface area (Å²) in [7, 11) is 0. The summed E-state index contributed by atoms with van der Waals surface area (Å²) < 4.78 is 10.8. The van der Waals surface area contributed by atoms with E-state index in [4.69, 9.17) is 9.15 Å². The molecule has 0 radical (unpaired) electrons. The molecule has 1 amide bonds. The average molecular weight is 371 g/mol. The normalized spacial score (nSPS) is 10.6. The molecule has 4 rings (SSSR count). The minimum atomic E-state index is -0.402. The Labute approximate surface area is 161 Å². The van der Waals surface area contributed by atoms with Crippen LogP contribution in [0.3, 0.4) is 0 Å². The minimum Gasteiger partial charge on any atom is -0.489 e. The van der Waals surface area contributed by atoms with Gasteiger partial charge in [0, 0.05) is 22.7 Å². The molecule has 0 fully saturated rings. The Morgan fingerprint density at radius 2 is 1.68 bits per heavy atom. The zero-order valence-electron chi connectivity index (χ0n) is 14.9. The maximum Gasteiger partial charge on any atom is 0.336 e. The second kappa shape index (κ2) is 7.80. The molecular weight excluding hydrogens is 354 g/mol. The van der Waals surface area contributed by atoms with Crippen LogP contribution in [0.2, 0.25) is 0 Å². The molecule has 4 aromatic rings. The topological polar surface area (TPSA) is 68.5 Å². The number of ether oxygens (including phenoxy) is 1. The van der Waals surface area contributed by atoms with Gasteiger partial charge in [-0.15, -0.1) is 0 Å². The fourth-order valence-corrected chi connectivity index (χ4v) is 2.79. The third-order valence-electron chi connectivity index (χ3n) is 4.24. The molecule has 0 unspecified atom stereocenters. The molecule has 0 saturated carbocycles. The third-order valence-corrected chi connectivity index (χ3v) is 4.24. The van der Waals surface area contributed by atoms with Gasteiger partial charge in [0.25, 0.3) is 5.91 Å². The number of anilines is 1. The summed E-state index contributed by atoms with van der Waals surface area (Å²) in [5.74, 6) is 0.587. The fourth-order valence-electron chi connectivity index (χ4n) is 2.79. The highest BCUT2D eigenvalue weighted by Gasteiger charge is 2.07. The monoisotopic (exact) mass is 371 g/mol. The van der Waals surface area contributed by atoms with Crippen LogP contribution in [0.25, 0.3) is 11.0 Å². The molecule has 1 N–H and O–H groups in total. The lowest BCUT2D eigenvalue weighted by Gasteiger charge is -2.08. The highest BCUT2D eigenvalue weighted by molar-refractivity contribution is 6.05. The predicted octanol–water partition coefficient (Wildman–Crippen LogP) is 4.62. The van der Waals surface area contributed by atoms with E-state index in [1.165, 1.54) is 6.07 Å². The van der Waals surface area contributed by atoms with E-state index in [2.05, 4.69) is 5.32 Å². The van der Waals surface area contributed by atoms with E-state index in [1.807, 2.05) is 42.5 Å². The number of nitrogens with one attached hydrogen (secondary N) is 1. The van der Waals surface area contributed by atoms with Crippen LogP contribution in [0.4, 0.5) is 5.69 Å². The highest BCUT2D eigenvalue weighted by atomic mass is 16.5. The van der Waals surface area contributed by atoms with E-state index in [1.54, 1.807) is 36.4 Å². The van der Waals surface area contributed by atoms with Crippen molar-refractivity contribution in [2.24, 2.45) is 0 Å². The van der Waals surface area contributed by atoms with Gasteiger partial charge in [-0.1, -0.05) is 30.3 Å². The minimum absolute atomic E-state index is 0.215. The maximum atomic E-state index is 12.5. The first kappa shape index (κ1) is 17.5. The molecule has 28 heavy (non-hydrogen) atoms. The van der Waals surface area contributed by atoms with Gasteiger partial charge in [-0.05, 0) is 54.1 Å². The van der Waals surface area contributed by atoms with Crippen LogP contribution < -0.4 is 15.7 Å². The zero-order chi connectivity index (χ0) is 19.3.